The van der Waals surface area contributed by atoms with Crippen molar-refractivity contribution in [2.45, 2.75) is 39.2 Å². The molecule has 4 nitrogen and oxygen atoms in total. The average molecular weight is 202 g/mol. The highest BCUT2D eigenvalue weighted by molar-refractivity contribution is 5.74. The Bertz CT molecular complexity index is 151. The van der Waals surface area contributed by atoms with Gasteiger partial charge in [-0.1, -0.05) is 20.3 Å². The minimum Gasteiger partial charge on any atom is -0.370 e. The van der Waals surface area contributed by atoms with Gasteiger partial charge in [-0.05, 0) is 12.8 Å². The molecule has 1 unspecified atom stereocenters. The third-order valence-corrected chi connectivity index (χ3v) is 2.05. The minimum atomic E-state index is -0.411. The smallest absolute Gasteiger partial charge is 0.243 e. The predicted molar refractivity (Wildman–Crippen MR) is 57.0 cm³/mol. The Morgan fingerprint density at radius 1 is 1.50 bits per heavy atom. The molecule has 1 amide bonds. The van der Waals surface area contributed by atoms with Gasteiger partial charge in [-0.15, -0.1) is 0 Å². The van der Waals surface area contributed by atoms with Crippen LogP contribution in [0.2, 0.25) is 0 Å². The van der Waals surface area contributed by atoms with Gasteiger partial charge in [0.05, 0.1) is 6.61 Å². The highest BCUT2D eigenvalue weighted by atomic mass is 16.5. The largest absolute Gasteiger partial charge is 0.370 e. The zero-order valence-electron chi connectivity index (χ0n) is 9.21. The fraction of sp³-hybridized carbons (Fsp3) is 0.900. The van der Waals surface area contributed by atoms with Gasteiger partial charge in [0.25, 0.3) is 0 Å². The van der Waals surface area contributed by atoms with Crippen molar-refractivity contribution in [2.75, 3.05) is 19.8 Å². The molecular formula is C10H22N2O2. The van der Waals surface area contributed by atoms with Gasteiger partial charge in [0, 0.05) is 12.6 Å². The zero-order valence-corrected chi connectivity index (χ0v) is 9.21. The molecule has 0 spiro atoms. The van der Waals surface area contributed by atoms with E-state index in [1.807, 2.05) is 0 Å². The lowest BCUT2D eigenvalue weighted by Gasteiger charge is -2.15. The van der Waals surface area contributed by atoms with E-state index >= 15 is 0 Å². The van der Waals surface area contributed by atoms with Gasteiger partial charge in [0.15, 0.2) is 0 Å². The number of nitrogens with one attached hydrogen (secondary N) is 1. The van der Waals surface area contributed by atoms with Gasteiger partial charge in [-0.25, -0.2) is 0 Å². The monoisotopic (exact) mass is 202 g/mol. The molecule has 0 saturated carbocycles. The molecule has 1 atom stereocenters. The molecule has 0 radical (unpaired) electrons. The maximum Gasteiger partial charge on any atom is 0.243 e. The molecule has 0 aliphatic rings. The first kappa shape index (κ1) is 13.4. The fourth-order valence-corrected chi connectivity index (χ4v) is 1.31. The summed E-state index contributed by atoms with van der Waals surface area (Å²) in [5.74, 6) is -0.411. The van der Waals surface area contributed by atoms with E-state index in [1.165, 1.54) is 12.8 Å². The molecule has 0 saturated heterocycles. The van der Waals surface area contributed by atoms with Gasteiger partial charge in [-0.2, -0.15) is 0 Å². The quantitative estimate of drug-likeness (QED) is 0.540. The van der Waals surface area contributed by atoms with E-state index in [4.69, 9.17) is 10.5 Å². The van der Waals surface area contributed by atoms with Crippen LogP contribution in [-0.4, -0.2) is 31.7 Å². The lowest BCUT2D eigenvalue weighted by Crippen LogP contribution is -2.32. The molecule has 0 aliphatic heterocycles. The first-order valence-electron chi connectivity index (χ1n) is 5.30. The van der Waals surface area contributed by atoms with Crippen LogP contribution in [0.4, 0.5) is 0 Å². The average Bonchev–Trinajstić information content (AvgIpc) is 2.15. The van der Waals surface area contributed by atoms with E-state index in [0.29, 0.717) is 12.6 Å². The Labute approximate surface area is 86.2 Å². The molecule has 0 heterocycles. The molecule has 4 heteroatoms. The van der Waals surface area contributed by atoms with Crippen LogP contribution in [0, 0.1) is 0 Å². The molecule has 14 heavy (non-hydrogen) atoms. The summed E-state index contributed by atoms with van der Waals surface area (Å²) in [4.78, 5) is 10.3. The van der Waals surface area contributed by atoms with Crippen LogP contribution in [0.5, 0.6) is 0 Å². The Morgan fingerprint density at radius 2 is 2.21 bits per heavy atom. The van der Waals surface area contributed by atoms with Crippen molar-refractivity contribution in [1.29, 1.82) is 0 Å². The molecule has 0 fully saturated rings. The molecule has 0 aliphatic carbocycles. The normalized spacial score (nSPS) is 12.7. The van der Waals surface area contributed by atoms with E-state index in [0.717, 1.165) is 13.0 Å². The van der Waals surface area contributed by atoms with E-state index in [1.54, 1.807) is 0 Å². The summed E-state index contributed by atoms with van der Waals surface area (Å²) in [5, 5.41) is 3.37. The second-order valence-corrected chi connectivity index (χ2v) is 3.37. The molecule has 0 aromatic carbocycles. The Hall–Kier alpha value is -0.610. The zero-order chi connectivity index (χ0) is 10.8. The van der Waals surface area contributed by atoms with E-state index in [2.05, 4.69) is 19.2 Å². The van der Waals surface area contributed by atoms with Crippen molar-refractivity contribution < 1.29 is 9.53 Å². The predicted octanol–water partition coefficient (Wildman–Crippen LogP) is 0.657. The van der Waals surface area contributed by atoms with Crippen LogP contribution < -0.4 is 11.1 Å². The number of amides is 1. The Kier molecular flexibility index (Phi) is 8.57. The topological polar surface area (TPSA) is 64.3 Å². The third kappa shape index (κ3) is 8.01. The second kappa shape index (κ2) is 8.97. The number of hydrogen-bond acceptors (Lipinski definition) is 3. The highest BCUT2D eigenvalue weighted by Gasteiger charge is 2.02. The van der Waals surface area contributed by atoms with Gasteiger partial charge in [0.1, 0.15) is 6.61 Å². The lowest BCUT2D eigenvalue weighted by molar-refractivity contribution is -0.122. The summed E-state index contributed by atoms with van der Waals surface area (Å²) in [6.07, 6.45) is 3.50. The summed E-state index contributed by atoms with van der Waals surface area (Å²) in [5.41, 5.74) is 4.92. The summed E-state index contributed by atoms with van der Waals surface area (Å²) >= 11 is 0. The number of ether oxygens (including phenoxy) is 1. The SMILES string of the molecule is CCCC(CC)NCCOCC(N)=O. The van der Waals surface area contributed by atoms with Gasteiger partial charge in [-0.3, -0.25) is 4.79 Å². The van der Waals surface area contributed by atoms with Crippen LogP contribution in [0.25, 0.3) is 0 Å². The molecule has 0 bridgehead atoms. The van der Waals surface area contributed by atoms with Crippen molar-refractivity contribution in [3.8, 4) is 0 Å². The van der Waals surface area contributed by atoms with E-state index in [-0.39, 0.29) is 6.61 Å². The minimum absolute atomic E-state index is 0.0201. The molecule has 0 aromatic rings. The number of hydrogen-bond donors (Lipinski definition) is 2. The number of carbonyl (C=O) groups excluding carboxylic acids is 1. The Morgan fingerprint density at radius 3 is 2.71 bits per heavy atom. The van der Waals surface area contributed by atoms with Crippen molar-refractivity contribution in [3.05, 3.63) is 0 Å². The van der Waals surface area contributed by atoms with Crippen LogP contribution >= 0.6 is 0 Å². The first-order chi connectivity index (χ1) is 6.70. The number of rotatable bonds is 9. The van der Waals surface area contributed by atoms with Crippen molar-refractivity contribution in [2.24, 2.45) is 5.73 Å². The van der Waals surface area contributed by atoms with Gasteiger partial charge >= 0.3 is 0 Å². The third-order valence-electron chi connectivity index (χ3n) is 2.05. The van der Waals surface area contributed by atoms with Crippen molar-refractivity contribution in [3.63, 3.8) is 0 Å². The summed E-state index contributed by atoms with van der Waals surface area (Å²) in [6.45, 7) is 5.69. The Balaban J connectivity index is 3.28. The van der Waals surface area contributed by atoms with E-state index < -0.39 is 5.91 Å². The number of primary amides is 1. The molecule has 0 rings (SSSR count). The van der Waals surface area contributed by atoms with Crippen LogP contribution in [0.15, 0.2) is 0 Å². The molecular weight excluding hydrogens is 180 g/mol. The number of carbonyl (C=O) groups is 1. The molecule has 84 valence electrons. The maximum atomic E-state index is 10.3. The highest BCUT2D eigenvalue weighted by Crippen LogP contribution is 1.99. The van der Waals surface area contributed by atoms with Gasteiger partial charge < -0.3 is 15.8 Å². The first-order valence-corrected chi connectivity index (χ1v) is 5.30. The summed E-state index contributed by atoms with van der Waals surface area (Å²) in [6, 6.07) is 0.567. The van der Waals surface area contributed by atoms with Crippen molar-refractivity contribution >= 4 is 5.91 Å². The van der Waals surface area contributed by atoms with Crippen LogP contribution in [0.3, 0.4) is 0 Å². The van der Waals surface area contributed by atoms with Crippen LogP contribution in [-0.2, 0) is 9.53 Å². The standard InChI is InChI=1S/C10H22N2O2/c1-3-5-9(4-2)12-6-7-14-8-10(11)13/h9,12H,3-8H2,1-2H3,(H2,11,13). The summed E-state index contributed by atoms with van der Waals surface area (Å²) in [7, 11) is 0. The molecule has 0 aromatic heterocycles. The van der Waals surface area contributed by atoms with Crippen molar-refractivity contribution in [1.82, 2.24) is 5.32 Å². The van der Waals surface area contributed by atoms with Gasteiger partial charge in [0.2, 0.25) is 5.91 Å². The molecule has 3 N–H and O–H groups in total. The fourth-order valence-electron chi connectivity index (χ4n) is 1.31. The van der Waals surface area contributed by atoms with Crippen LogP contribution in [0.1, 0.15) is 33.1 Å². The lowest BCUT2D eigenvalue weighted by atomic mass is 10.1. The summed E-state index contributed by atoms with van der Waals surface area (Å²) < 4.78 is 5.03. The number of nitrogens with two attached hydrogens (primary N) is 1. The second-order valence-electron chi connectivity index (χ2n) is 3.37. The maximum absolute atomic E-state index is 10.3. The van der Waals surface area contributed by atoms with E-state index in [9.17, 15) is 4.79 Å².